The van der Waals surface area contributed by atoms with E-state index in [1.54, 1.807) is 6.07 Å². The Morgan fingerprint density at radius 1 is 1.17 bits per heavy atom. The van der Waals surface area contributed by atoms with Gasteiger partial charge in [0.1, 0.15) is 0 Å². The SMILES string of the molecule is CC(C)c1cc(=O)c2ccc3c(c2[nH]1)CCCC3. The molecular weight excluding hydrogens is 222 g/mol. The third-order valence-electron chi connectivity index (χ3n) is 3.98. The summed E-state index contributed by atoms with van der Waals surface area (Å²) in [7, 11) is 0. The van der Waals surface area contributed by atoms with Crippen molar-refractivity contribution in [1.29, 1.82) is 0 Å². The first-order valence-corrected chi connectivity index (χ1v) is 6.84. The summed E-state index contributed by atoms with van der Waals surface area (Å²) in [6.07, 6.45) is 4.76. The molecule has 0 saturated carbocycles. The lowest BCUT2D eigenvalue weighted by atomic mass is 9.89. The fourth-order valence-corrected chi connectivity index (χ4v) is 2.89. The Balaban J connectivity index is 2.35. The molecule has 0 unspecified atom stereocenters. The van der Waals surface area contributed by atoms with E-state index in [0.717, 1.165) is 29.4 Å². The number of aromatic nitrogens is 1. The normalized spacial score (nSPS) is 15.1. The molecule has 1 N–H and O–H groups in total. The van der Waals surface area contributed by atoms with Gasteiger partial charge >= 0.3 is 0 Å². The predicted molar refractivity (Wildman–Crippen MR) is 75.3 cm³/mol. The van der Waals surface area contributed by atoms with Crippen LogP contribution < -0.4 is 5.43 Å². The molecule has 18 heavy (non-hydrogen) atoms. The Labute approximate surface area is 107 Å². The number of rotatable bonds is 1. The summed E-state index contributed by atoms with van der Waals surface area (Å²) in [5.74, 6) is 0.363. The van der Waals surface area contributed by atoms with Crippen molar-refractivity contribution in [2.75, 3.05) is 0 Å². The van der Waals surface area contributed by atoms with Crippen LogP contribution in [-0.4, -0.2) is 4.98 Å². The van der Waals surface area contributed by atoms with Crippen LogP contribution in [0.1, 0.15) is 49.4 Å². The summed E-state index contributed by atoms with van der Waals surface area (Å²) in [4.78, 5) is 15.7. The summed E-state index contributed by atoms with van der Waals surface area (Å²) in [6, 6.07) is 5.88. The molecule has 0 spiro atoms. The minimum absolute atomic E-state index is 0.154. The van der Waals surface area contributed by atoms with Gasteiger partial charge in [-0.25, -0.2) is 0 Å². The lowest BCUT2D eigenvalue weighted by Gasteiger charge is -2.18. The summed E-state index contributed by atoms with van der Waals surface area (Å²) >= 11 is 0. The molecule has 1 aliphatic carbocycles. The molecule has 2 heteroatoms. The van der Waals surface area contributed by atoms with E-state index in [4.69, 9.17) is 0 Å². The fourth-order valence-electron chi connectivity index (χ4n) is 2.89. The van der Waals surface area contributed by atoms with Crippen LogP contribution in [0.15, 0.2) is 23.0 Å². The largest absolute Gasteiger partial charge is 0.358 e. The zero-order valence-electron chi connectivity index (χ0n) is 11.0. The molecule has 2 nitrogen and oxygen atoms in total. The van der Waals surface area contributed by atoms with Gasteiger partial charge in [-0.2, -0.15) is 0 Å². The number of nitrogens with one attached hydrogen (secondary N) is 1. The van der Waals surface area contributed by atoms with Crippen molar-refractivity contribution in [2.24, 2.45) is 0 Å². The first-order chi connectivity index (χ1) is 8.66. The molecule has 1 aromatic heterocycles. The van der Waals surface area contributed by atoms with Gasteiger partial charge in [0.15, 0.2) is 5.43 Å². The maximum absolute atomic E-state index is 12.2. The van der Waals surface area contributed by atoms with Crippen LogP contribution in [0.4, 0.5) is 0 Å². The maximum atomic E-state index is 12.2. The highest BCUT2D eigenvalue weighted by molar-refractivity contribution is 5.83. The van der Waals surface area contributed by atoms with Crippen LogP contribution in [0.2, 0.25) is 0 Å². The lowest BCUT2D eigenvalue weighted by Crippen LogP contribution is -2.11. The molecule has 0 radical (unpaired) electrons. The number of fused-ring (bicyclic) bond motifs is 3. The van der Waals surface area contributed by atoms with Gasteiger partial charge in [-0.1, -0.05) is 19.9 Å². The predicted octanol–water partition coefficient (Wildman–Crippen LogP) is 3.53. The van der Waals surface area contributed by atoms with Crippen molar-refractivity contribution in [2.45, 2.75) is 45.4 Å². The van der Waals surface area contributed by atoms with Gasteiger partial charge in [-0.05, 0) is 48.8 Å². The van der Waals surface area contributed by atoms with Gasteiger partial charge in [0, 0.05) is 17.1 Å². The van der Waals surface area contributed by atoms with Crippen LogP contribution in [0.5, 0.6) is 0 Å². The second kappa shape index (κ2) is 4.27. The number of benzene rings is 1. The molecule has 1 aromatic carbocycles. The van der Waals surface area contributed by atoms with E-state index in [1.807, 2.05) is 6.07 Å². The topological polar surface area (TPSA) is 32.9 Å². The number of hydrogen-bond donors (Lipinski definition) is 1. The number of aryl methyl sites for hydroxylation is 2. The zero-order chi connectivity index (χ0) is 12.7. The standard InChI is InChI=1S/C16H19NO/c1-10(2)14-9-15(18)13-8-7-11-5-3-4-6-12(11)16(13)17-14/h7-10H,3-6H2,1-2H3,(H,17,18). The van der Waals surface area contributed by atoms with E-state index in [0.29, 0.717) is 5.92 Å². The highest BCUT2D eigenvalue weighted by Crippen LogP contribution is 2.27. The van der Waals surface area contributed by atoms with E-state index in [2.05, 4.69) is 24.9 Å². The number of hydrogen-bond acceptors (Lipinski definition) is 1. The zero-order valence-corrected chi connectivity index (χ0v) is 11.0. The Bertz CT molecular complexity index is 652. The van der Waals surface area contributed by atoms with E-state index in [1.165, 1.54) is 24.0 Å². The Hall–Kier alpha value is -1.57. The Morgan fingerprint density at radius 3 is 2.72 bits per heavy atom. The van der Waals surface area contributed by atoms with Gasteiger partial charge < -0.3 is 4.98 Å². The monoisotopic (exact) mass is 241 g/mol. The molecule has 0 amide bonds. The highest BCUT2D eigenvalue weighted by atomic mass is 16.1. The highest BCUT2D eigenvalue weighted by Gasteiger charge is 2.15. The quantitative estimate of drug-likeness (QED) is 0.814. The molecule has 1 heterocycles. The van der Waals surface area contributed by atoms with Crippen LogP contribution in [0.25, 0.3) is 10.9 Å². The molecule has 0 saturated heterocycles. The van der Waals surface area contributed by atoms with Crippen LogP contribution in [0.3, 0.4) is 0 Å². The van der Waals surface area contributed by atoms with Crippen molar-refractivity contribution in [3.05, 3.63) is 45.2 Å². The van der Waals surface area contributed by atoms with Crippen molar-refractivity contribution in [3.8, 4) is 0 Å². The molecule has 3 rings (SSSR count). The van der Waals surface area contributed by atoms with E-state index in [-0.39, 0.29) is 5.43 Å². The first kappa shape index (κ1) is 11.5. The number of H-pyrrole nitrogens is 1. The molecule has 1 aliphatic rings. The Kier molecular flexibility index (Phi) is 2.73. The molecule has 0 bridgehead atoms. The lowest BCUT2D eigenvalue weighted by molar-refractivity contribution is 0.688. The van der Waals surface area contributed by atoms with Crippen LogP contribution in [-0.2, 0) is 12.8 Å². The molecule has 0 fully saturated rings. The van der Waals surface area contributed by atoms with Crippen molar-refractivity contribution < 1.29 is 0 Å². The minimum Gasteiger partial charge on any atom is -0.358 e. The number of pyridine rings is 1. The molecule has 2 aromatic rings. The third-order valence-corrected chi connectivity index (χ3v) is 3.98. The molecule has 0 aliphatic heterocycles. The van der Waals surface area contributed by atoms with Gasteiger partial charge in [0.2, 0.25) is 0 Å². The van der Waals surface area contributed by atoms with E-state index in [9.17, 15) is 4.79 Å². The smallest absolute Gasteiger partial charge is 0.189 e. The first-order valence-electron chi connectivity index (χ1n) is 6.84. The summed E-state index contributed by atoms with van der Waals surface area (Å²) < 4.78 is 0. The Morgan fingerprint density at radius 2 is 1.94 bits per heavy atom. The molecule has 0 atom stereocenters. The minimum atomic E-state index is 0.154. The summed E-state index contributed by atoms with van der Waals surface area (Å²) in [5, 5.41) is 0.847. The molecule has 94 valence electrons. The van der Waals surface area contributed by atoms with E-state index < -0.39 is 0 Å². The van der Waals surface area contributed by atoms with Crippen molar-refractivity contribution in [3.63, 3.8) is 0 Å². The fraction of sp³-hybridized carbons (Fsp3) is 0.438. The van der Waals surface area contributed by atoms with Crippen LogP contribution >= 0.6 is 0 Å². The van der Waals surface area contributed by atoms with Crippen molar-refractivity contribution >= 4 is 10.9 Å². The second-order valence-corrected chi connectivity index (χ2v) is 5.58. The average molecular weight is 241 g/mol. The van der Waals surface area contributed by atoms with Crippen molar-refractivity contribution in [1.82, 2.24) is 4.98 Å². The average Bonchev–Trinajstić information content (AvgIpc) is 2.38. The molecular formula is C16H19NO. The third kappa shape index (κ3) is 1.76. The van der Waals surface area contributed by atoms with Gasteiger partial charge in [-0.15, -0.1) is 0 Å². The van der Waals surface area contributed by atoms with Gasteiger partial charge in [0.05, 0.1) is 5.52 Å². The van der Waals surface area contributed by atoms with Crippen LogP contribution in [0, 0.1) is 0 Å². The summed E-state index contributed by atoms with van der Waals surface area (Å²) in [6.45, 7) is 4.24. The van der Waals surface area contributed by atoms with Gasteiger partial charge in [0.25, 0.3) is 0 Å². The second-order valence-electron chi connectivity index (χ2n) is 5.58. The van der Waals surface area contributed by atoms with E-state index >= 15 is 0 Å². The summed E-state index contributed by atoms with van der Waals surface area (Å²) in [5.41, 5.74) is 5.08. The maximum Gasteiger partial charge on any atom is 0.189 e. The number of aromatic amines is 1. The van der Waals surface area contributed by atoms with Gasteiger partial charge in [-0.3, -0.25) is 4.79 Å².